The van der Waals surface area contributed by atoms with Gasteiger partial charge in [-0.3, -0.25) is 24.6 Å². The number of nitrogens with zero attached hydrogens (tertiary/aromatic N) is 5. The smallest absolute Gasteiger partial charge is 0.288 e. The summed E-state index contributed by atoms with van der Waals surface area (Å²) >= 11 is 0. The first-order valence-corrected chi connectivity index (χ1v) is 11.1. The number of primary amides is 1. The summed E-state index contributed by atoms with van der Waals surface area (Å²) < 4.78 is 14.6. The lowest BCUT2D eigenvalue weighted by molar-refractivity contribution is 0.0358. The minimum atomic E-state index is -0.573. The summed E-state index contributed by atoms with van der Waals surface area (Å²) in [5.74, 6) is -0.466. The molecule has 1 saturated heterocycles. The van der Waals surface area contributed by atoms with Gasteiger partial charge in [0.05, 0.1) is 31.0 Å². The van der Waals surface area contributed by atoms with E-state index in [2.05, 4.69) is 20.4 Å². The van der Waals surface area contributed by atoms with Crippen LogP contribution in [-0.2, 0) is 11.3 Å². The molecule has 1 fully saturated rings. The summed E-state index contributed by atoms with van der Waals surface area (Å²) in [6.07, 6.45) is 2.28. The number of imidazole rings is 1. The van der Waals surface area contributed by atoms with Crippen molar-refractivity contribution in [2.75, 3.05) is 44.9 Å². The Morgan fingerprint density at radius 1 is 1.24 bits per heavy atom. The quantitative estimate of drug-likeness (QED) is 0.463. The molecule has 2 amide bonds. The summed E-state index contributed by atoms with van der Waals surface area (Å²) in [7, 11) is 0. The van der Waals surface area contributed by atoms with Gasteiger partial charge in [-0.15, -0.1) is 0 Å². The van der Waals surface area contributed by atoms with Gasteiger partial charge in [0.25, 0.3) is 5.91 Å². The van der Waals surface area contributed by atoms with E-state index in [1.54, 1.807) is 22.9 Å². The zero-order valence-electron chi connectivity index (χ0n) is 18.9. The van der Waals surface area contributed by atoms with Crippen molar-refractivity contribution in [3.63, 3.8) is 0 Å². The molecule has 0 spiro atoms. The van der Waals surface area contributed by atoms with Crippen LogP contribution in [-0.4, -0.2) is 75.6 Å². The van der Waals surface area contributed by atoms with Crippen LogP contribution in [0.1, 0.15) is 39.9 Å². The molecule has 3 aromatic rings. The van der Waals surface area contributed by atoms with Crippen LogP contribution in [0.3, 0.4) is 0 Å². The highest BCUT2D eigenvalue weighted by Gasteiger charge is 2.18. The van der Waals surface area contributed by atoms with Crippen LogP contribution >= 0.6 is 0 Å². The van der Waals surface area contributed by atoms with Gasteiger partial charge in [0.1, 0.15) is 23.3 Å². The van der Waals surface area contributed by atoms with Crippen molar-refractivity contribution in [1.29, 1.82) is 0 Å². The highest BCUT2D eigenvalue weighted by Crippen LogP contribution is 2.27. The number of hydrogen-bond donors (Lipinski definition) is 2. The Morgan fingerprint density at radius 2 is 2.03 bits per heavy atom. The fourth-order valence-electron chi connectivity index (χ4n) is 3.88. The Kier molecular flexibility index (Phi) is 6.90. The van der Waals surface area contributed by atoms with Crippen LogP contribution in [0.2, 0.25) is 0 Å². The van der Waals surface area contributed by atoms with Gasteiger partial charge in [-0.2, -0.15) is 5.10 Å². The molecule has 11 heteroatoms. The molecule has 33 heavy (non-hydrogen) atoms. The van der Waals surface area contributed by atoms with Crippen molar-refractivity contribution in [3.05, 3.63) is 41.5 Å². The van der Waals surface area contributed by atoms with Crippen molar-refractivity contribution in [1.82, 2.24) is 24.3 Å². The van der Waals surface area contributed by atoms with Gasteiger partial charge in [-0.1, -0.05) is 0 Å². The van der Waals surface area contributed by atoms with Gasteiger partial charge < -0.3 is 15.2 Å². The number of hydrogen-bond acceptors (Lipinski definition) is 7. The predicted molar refractivity (Wildman–Crippen MR) is 122 cm³/mol. The Hall–Kier alpha value is -3.44. The largest absolute Gasteiger partial charge is 0.491 e. The van der Waals surface area contributed by atoms with Crippen molar-refractivity contribution in [2.45, 2.75) is 26.8 Å². The maximum absolute atomic E-state index is 12.9. The topological polar surface area (TPSA) is 130 Å². The van der Waals surface area contributed by atoms with Crippen LogP contribution < -0.4 is 15.9 Å². The summed E-state index contributed by atoms with van der Waals surface area (Å²) in [6.45, 7) is 8.97. The maximum Gasteiger partial charge on any atom is 0.288 e. The van der Waals surface area contributed by atoms with E-state index in [4.69, 9.17) is 15.2 Å². The molecule has 0 unspecified atom stereocenters. The molecule has 0 aliphatic carbocycles. The molecular weight excluding hydrogens is 426 g/mol. The minimum Gasteiger partial charge on any atom is -0.491 e. The molecule has 4 rings (SSSR count). The lowest BCUT2D eigenvalue weighted by Gasteiger charge is -2.26. The molecule has 0 radical (unpaired) electrons. The highest BCUT2D eigenvalue weighted by molar-refractivity contribution is 6.01. The third-order valence-corrected chi connectivity index (χ3v) is 5.53. The summed E-state index contributed by atoms with van der Waals surface area (Å²) in [5.41, 5.74) is 10.9. The van der Waals surface area contributed by atoms with E-state index >= 15 is 0 Å². The number of carbonyl (C=O) groups excluding carboxylic acids is 2. The number of ether oxygens (including phenoxy) is 2. The van der Waals surface area contributed by atoms with Crippen LogP contribution in [0.4, 0.5) is 0 Å². The third kappa shape index (κ3) is 5.15. The van der Waals surface area contributed by atoms with Gasteiger partial charge in [-0.25, -0.2) is 9.66 Å². The monoisotopic (exact) mass is 455 g/mol. The maximum atomic E-state index is 12.9. The van der Waals surface area contributed by atoms with E-state index in [-0.39, 0.29) is 5.91 Å². The molecule has 3 N–H and O–H groups in total. The van der Waals surface area contributed by atoms with Crippen molar-refractivity contribution < 1.29 is 19.1 Å². The SMILES string of the molecule is CCn1nc(C)cc1C(=O)Nn1cnc2cc(C(N)=O)cc(OCCCN3CCOCC3)c21. The second kappa shape index (κ2) is 10.0. The van der Waals surface area contributed by atoms with E-state index in [1.807, 2.05) is 13.8 Å². The highest BCUT2D eigenvalue weighted by atomic mass is 16.5. The minimum absolute atomic E-state index is 0.293. The number of nitrogens with one attached hydrogen (secondary N) is 1. The normalized spacial score (nSPS) is 14.5. The molecule has 1 aliphatic rings. The van der Waals surface area contributed by atoms with E-state index in [0.717, 1.165) is 45.0 Å². The van der Waals surface area contributed by atoms with Crippen molar-refractivity contribution in [2.24, 2.45) is 5.73 Å². The fourth-order valence-corrected chi connectivity index (χ4v) is 3.88. The van der Waals surface area contributed by atoms with E-state index in [1.165, 1.54) is 11.0 Å². The number of nitrogens with two attached hydrogens (primary N) is 1. The first-order chi connectivity index (χ1) is 16.0. The molecule has 176 valence electrons. The van der Waals surface area contributed by atoms with Gasteiger partial charge in [0, 0.05) is 31.7 Å². The molecule has 0 atom stereocenters. The molecular formula is C22H29N7O4. The molecule has 0 saturated carbocycles. The van der Waals surface area contributed by atoms with Crippen molar-refractivity contribution in [3.8, 4) is 5.75 Å². The number of benzene rings is 1. The van der Waals surface area contributed by atoms with Crippen molar-refractivity contribution >= 4 is 22.8 Å². The molecule has 0 bridgehead atoms. The number of aryl methyl sites for hydroxylation is 2. The van der Waals surface area contributed by atoms with E-state index in [0.29, 0.717) is 41.2 Å². The zero-order valence-corrected chi connectivity index (χ0v) is 18.9. The summed E-state index contributed by atoms with van der Waals surface area (Å²) in [5, 5.41) is 4.32. The first-order valence-electron chi connectivity index (χ1n) is 11.1. The summed E-state index contributed by atoms with van der Waals surface area (Å²) in [4.78, 5) is 31.4. The number of morpholine rings is 1. The number of amides is 2. The number of rotatable bonds is 9. The average molecular weight is 456 g/mol. The lowest BCUT2D eigenvalue weighted by Crippen LogP contribution is -2.37. The molecule has 1 aliphatic heterocycles. The van der Waals surface area contributed by atoms with Crippen LogP contribution in [0.25, 0.3) is 11.0 Å². The van der Waals surface area contributed by atoms with Gasteiger partial charge in [0.2, 0.25) is 5.91 Å². The Bertz CT molecular complexity index is 1150. The standard InChI is InChI=1S/C22H29N7O4/c1-3-28-18(11-15(2)25-28)22(31)26-29-14-24-17-12-16(21(23)30)13-19(20(17)29)33-8-4-5-27-6-9-32-10-7-27/h11-14H,3-10H2,1-2H3,(H2,23,30)(H,26,31). The average Bonchev–Trinajstić information content (AvgIpc) is 3.40. The molecule has 11 nitrogen and oxygen atoms in total. The lowest BCUT2D eigenvalue weighted by atomic mass is 10.1. The Labute approximate surface area is 191 Å². The molecule has 2 aromatic heterocycles. The van der Waals surface area contributed by atoms with E-state index < -0.39 is 5.91 Å². The van der Waals surface area contributed by atoms with Crippen LogP contribution in [0, 0.1) is 6.92 Å². The zero-order chi connectivity index (χ0) is 23.4. The van der Waals surface area contributed by atoms with Gasteiger partial charge in [0.15, 0.2) is 0 Å². The van der Waals surface area contributed by atoms with Crippen LogP contribution in [0.15, 0.2) is 24.5 Å². The third-order valence-electron chi connectivity index (χ3n) is 5.53. The van der Waals surface area contributed by atoms with Crippen LogP contribution in [0.5, 0.6) is 5.75 Å². The number of fused-ring (bicyclic) bond motifs is 1. The second-order valence-electron chi connectivity index (χ2n) is 7.90. The fraction of sp³-hybridized carbons (Fsp3) is 0.455. The summed E-state index contributed by atoms with van der Waals surface area (Å²) in [6, 6.07) is 4.90. The Balaban J connectivity index is 1.54. The van der Waals surface area contributed by atoms with E-state index in [9.17, 15) is 9.59 Å². The number of carbonyl (C=O) groups is 2. The first kappa shape index (κ1) is 22.7. The van der Waals surface area contributed by atoms with Gasteiger partial charge in [-0.05, 0) is 38.5 Å². The molecule has 1 aromatic carbocycles. The van der Waals surface area contributed by atoms with Gasteiger partial charge >= 0.3 is 0 Å². The second-order valence-corrected chi connectivity index (χ2v) is 7.90. The Morgan fingerprint density at radius 3 is 2.76 bits per heavy atom. The molecule has 3 heterocycles. The number of aromatic nitrogens is 4. The predicted octanol–water partition coefficient (Wildman–Crippen LogP) is 1.15.